The van der Waals surface area contributed by atoms with Gasteiger partial charge in [0, 0.05) is 37.1 Å². The van der Waals surface area contributed by atoms with E-state index in [0.717, 1.165) is 54.6 Å². The van der Waals surface area contributed by atoms with Gasteiger partial charge in [-0.1, -0.05) is 64.2 Å². The molecule has 0 spiro atoms. The molecule has 8 nitrogen and oxygen atoms in total. The minimum absolute atomic E-state index is 0.00560. The van der Waals surface area contributed by atoms with Crippen molar-refractivity contribution in [1.29, 1.82) is 0 Å². The van der Waals surface area contributed by atoms with E-state index in [1.165, 1.54) is 13.5 Å². The van der Waals surface area contributed by atoms with Crippen LogP contribution < -0.4 is 15.5 Å². The van der Waals surface area contributed by atoms with Crippen LogP contribution in [-0.4, -0.2) is 40.5 Å². The molecule has 0 aliphatic heterocycles. The van der Waals surface area contributed by atoms with Gasteiger partial charge in [0.15, 0.2) is 11.5 Å². The third kappa shape index (κ3) is 9.44. The number of aromatic nitrogens is 2. The smallest absolute Gasteiger partial charge is 0.161 e. The summed E-state index contributed by atoms with van der Waals surface area (Å²) in [5.74, 6) is -0.320. The summed E-state index contributed by atoms with van der Waals surface area (Å²) in [6.07, 6.45) is 9.21. The van der Waals surface area contributed by atoms with E-state index in [4.69, 9.17) is 10.5 Å². The molecule has 3 rings (SSSR count). The SMILES string of the molecule is CCCCCCCC(=O)CC(=O)CCc1cc(OC)c(O)c([C@@H](c2ccnc(N)c2)[C@H](CO)Cc2ccc(CC)[n-]2)c1. The lowest BCUT2D eigenvalue weighted by Crippen LogP contribution is -2.22. The normalized spacial score (nSPS) is 12.7. The molecule has 2 atom stereocenters. The van der Waals surface area contributed by atoms with Crippen LogP contribution in [-0.2, 0) is 28.9 Å². The number of carbonyl (C=O) groups excluding carboxylic acids is 2. The van der Waals surface area contributed by atoms with Crippen molar-refractivity contribution in [3.63, 3.8) is 0 Å². The zero-order valence-corrected chi connectivity index (χ0v) is 25.3. The fourth-order valence-corrected chi connectivity index (χ4v) is 5.52. The van der Waals surface area contributed by atoms with Gasteiger partial charge in [-0.25, -0.2) is 4.98 Å². The van der Waals surface area contributed by atoms with Gasteiger partial charge >= 0.3 is 0 Å². The van der Waals surface area contributed by atoms with Crippen LogP contribution in [0.4, 0.5) is 5.82 Å². The number of nitrogen functional groups attached to an aromatic ring is 1. The average molecular weight is 577 g/mol. The van der Waals surface area contributed by atoms with Gasteiger partial charge in [0.1, 0.15) is 17.4 Å². The van der Waals surface area contributed by atoms with Crippen molar-refractivity contribution in [2.24, 2.45) is 5.92 Å². The van der Waals surface area contributed by atoms with Crippen molar-refractivity contribution in [2.45, 2.75) is 90.4 Å². The summed E-state index contributed by atoms with van der Waals surface area (Å²) in [5.41, 5.74) is 10.0. The Morgan fingerprint density at radius 3 is 2.40 bits per heavy atom. The molecule has 2 aromatic heterocycles. The lowest BCUT2D eigenvalue weighted by molar-refractivity contribution is -0.127. The van der Waals surface area contributed by atoms with Crippen LogP contribution in [0.25, 0.3) is 0 Å². The number of rotatable bonds is 19. The molecule has 0 amide bonds. The molecule has 0 aliphatic carbocycles. The lowest BCUT2D eigenvalue weighted by atomic mass is 9.78. The molecular formula is C34H46N3O5-. The van der Waals surface area contributed by atoms with Crippen molar-refractivity contribution >= 4 is 17.4 Å². The lowest BCUT2D eigenvalue weighted by Gasteiger charge is -2.30. The Morgan fingerprint density at radius 2 is 1.74 bits per heavy atom. The Labute approximate surface area is 249 Å². The quantitative estimate of drug-likeness (QED) is 0.122. The molecule has 0 saturated heterocycles. The van der Waals surface area contributed by atoms with E-state index in [1.54, 1.807) is 18.3 Å². The first-order chi connectivity index (χ1) is 20.3. The summed E-state index contributed by atoms with van der Waals surface area (Å²) < 4.78 is 5.53. The van der Waals surface area contributed by atoms with E-state index >= 15 is 0 Å². The molecule has 3 aromatic rings. The van der Waals surface area contributed by atoms with Crippen LogP contribution in [0.3, 0.4) is 0 Å². The van der Waals surface area contributed by atoms with Crippen molar-refractivity contribution in [2.75, 3.05) is 19.5 Å². The maximum absolute atomic E-state index is 12.7. The van der Waals surface area contributed by atoms with E-state index in [-0.39, 0.29) is 48.4 Å². The summed E-state index contributed by atoms with van der Waals surface area (Å²) >= 11 is 0. The number of benzene rings is 1. The van der Waals surface area contributed by atoms with Crippen LogP contribution in [0.15, 0.2) is 42.6 Å². The molecular weight excluding hydrogens is 530 g/mol. The minimum atomic E-state index is -0.457. The highest BCUT2D eigenvalue weighted by Crippen LogP contribution is 2.43. The number of methoxy groups -OCH3 is 1. The van der Waals surface area contributed by atoms with Crippen LogP contribution >= 0.6 is 0 Å². The largest absolute Gasteiger partial charge is 0.665 e. The van der Waals surface area contributed by atoms with Crippen molar-refractivity contribution in [1.82, 2.24) is 9.97 Å². The number of Topliss-reactive ketones (excluding diaryl/α,β-unsaturated/α-hetero) is 2. The Kier molecular flexibility index (Phi) is 13.1. The summed E-state index contributed by atoms with van der Waals surface area (Å²) in [4.78, 5) is 33.8. The standard InChI is InChI=1S/C34H46N3O5/c1-4-6-7-8-9-10-28(39)21-29(40)14-11-23-17-30(34(41)31(18-23)42-3)33(24-15-16-36-32(35)20-24)25(22-38)19-27-13-12-26(5-2)37-27/h12-13,15-18,20,25,33,38,41H,4-11,14,19,21-22H2,1-3H3,(H2,35,36)/q-1/t25-,33-/m0/s1. The van der Waals surface area contributed by atoms with Crippen LogP contribution in [0.5, 0.6) is 11.5 Å². The molecule has 1 aromatic carbocycles. The third-order valence-electron chi connectivity index (χ3n) is 7.82. The molecule has 2 heterocycles. The number of aliphatic hydroxyl groups excluding tert-OH is 1. The van der Waals surface area contributed by atoms with Gasteiger partial charge in [0.05, 0.1) is 13.5 Å². The van der Waals surface area contributed by atoms with Crippen LogP contribution in [0.1, 0.15) is 99.2 Å². The fourth-order valence-electron chi connectivity index (χ4n) is 5.52. The molecule has 0 unspecified atom stereocenters. The summed E-state index contributed by atoms with van der Waals surface area (Å²) in [5, 5.41) is 21.9. The van der Waals surface area contributed by atoms with E-state index in [2.05, 4.69) is 16.9 Å². The number of carbonyl (C=O) groups is 2. The Bertz CT molecular complexity index is 1300. The number of unbranched alkanes of at least 4 members (excludes halogenated alkanes) is 4. The predicted octanol–water partition coefficient (Wildman–Crippen LogP) is 5.70. The molecule has 0 aliphatic rings. The highest BCUT2D eigenvalue weighted by molar-refractivity contribution is 5.99. The second-order valence-corrected chi connectivity index (χ2v) is 11.1. The molecule has 0 radical (unpaired) electrons. The van der Waals surface area contributed by atoms with E-state index in [1.807, 2.05) is 31.2 Å². The number of phenols is 1. The van der Waals surface area contributed by atoms with Gasteiger partial charge in [0.25, 0.3) is 0 Å². The predicted molar refractivity (Wildman–Crippen MR) is 165 cm³/mol. The van der Waals surface area contributed by atoms with E-state index in [0.29, 0.717) is 30.6 Å². The van der Waals surface area contributed by atoms with Gasteiger partial charge in [-0.2, -0.15) is 11.4 Å². The maximum atomic E-state index is 12.7. The first-order valence-electron chi connectivity index (χ1n) is 15.2. The number of hydrogen-bond donors (Lipinski definition) is 3. The van der Waals surface area contributed by atoms with E-state index in [9.17, 15) is 19.8 Å². The highest BCUT2D eigenvalue weighted by Gasteiger charge is 2.29. The zero-order valence-electron chi connectivity index (χ0n) is 25.3. The molecule has 8 heteroatoms. The summed E-state index contributed by atoms with van der Waals surface area (Å²) in [7, 11) is 1.48. The molecule has 42 heavy (non-hydrogen) atoms. The first-order valence-corrected chi connectivity index (χ1v) is 15.2. The number of ketones is 2. The first kappa shape index (κ1) is 32.9. The topological polar surface area (TPSA) is 137 Å². The molecule has 0 bridgehead atoms. The number of nitrogens with zero attached hydrogens (tertiary/aromatic N) is 2. The fraction of sp³-hybridized carbons (Fsp3) is 0.500. The minimum Gasteiger partial charge on any atom is -0.665 e. The second kappa shape index (κ2) is 16.7. The number of aromatic hydroxyl groups is 1. The number of phenolic OH excluding ortho intramolecular Hbond substituents is 1. The van der Waals surface area contributed by atoms with Crippen molar-refractivity contribution in [3.8, 4) is 11.5 Å². The molecule has 4 N–H and O–H groups in total. The Hall–Kier alpha value is -3.65. The van der Waals surface area contributed by atoms with E-state index < -0.39 is 5.92 Å². The number of nitrogens with two attached hydrogens (primary N) is 1. The number of hydrogen-bond acceptors (Lipinski definition) is 7. The number of aryl methyl sites for hydroxylation is 2. The third-order valence-corrected chi connectivity index (χ3v) is 7.82. The summed E-state index contributed by atoms with van der Waals surface area (Å²) in [6.45, 7) is 4.04. The Morgan fingerprint density at radius 1 is 1.00 bits per heavy atom. The van der Waals surface area contributed by atoms with Crippen LogP contribution in [0.2, 0.25) is 0 Å². The van der Waals surface area contributed by atoms with Gasteiger partial charge in [-0.3, -0.25) is 9.59 Å². The average Bonchev–Trinajstić information content (AvgIpc) is 3.44. The maximum Gasteiger partial charge on any atom is 0.161 e. The van der Waals surface area contributed by atoms with Crippen molar-refractivity contribution < 1.29 is 24.5 Å². The number of ether oxygens (including phenoxy) is 1. The molecule has 228 valence electrons. The van der Waals surface area contributed by atoms with Gasteiger partial charge in [-0.05, 0) is 54.5 Å². The van der Waals surface area contributed by atoms with Crippen molar-refractivity contribution in [3.05, 3.63) is 70.7 Å². The summed E-state index contributed by atoms with van der Waals surface area (Å²) in [6, 6.07) is 11.1. The number of anilines is 1. The highest BCUT2D eigenvalue weighted by atomic mass is 16.5. The number of aliphatic hydroxyl groups is 1. The second-order valence-electron chi connectivity index (χ2n) is 11.1. The van der Waals surface area contributed by atoms with Gasteiger partial charge in [-0.15, -0.1) is 0 Å². The van der Waals surface area contributed by atoms with Crippen LogP contribution in [0, 0.1) is 5.92 Å². The Balaban J connectivity index is 1.85. The number of pyridine rings is 1. The zero-order chi connectivity index (χ0) is 30.5. The van der Waals surface area contributed by atoms with Gasteiger partial charge < -0.3 is 25.7 Å². The monoisotopic (exact) mass is 576 g/mol. The molecule has 0 fully saturated rings. The van der Waals surface area contributed by atoms with Gasteiger partial charge in [0.2, 0.25) is 0 Å². The molecule has 0 saturated carbocycles.